The van der Waals surface area contributed by atoms with E-state index in [1.54, 1.807) is 32.4 Å². The van der Waals surface area contributed by atoms with E-state index in [-0.39, 0.29) is 0 Å². The maximum Gasteiger partial charge on any atom is 0.162 e. The van der Waals surface area contributed by atoms with Gasteiger partial charge in [-0.2, -0.15) is 5.26 Å². The largest absolute Gasteiger partial charge is 0.493 e. The number of nitrogens with two attached hydrogens (primary N) is 1. The summed E-state index contributed by atoms with van der Waals surface area (Å²) in [6.07, 6.45) is 0. The fourth-order valence-electron chi connectivity index (χ4n) is 1.94. The molecule has 0 fully saturated rings. The fourth-order valence-corrected chi connectivity index (χ4v) is 1.94. The molecule has 2 aromatic rings. The highest BCUT2D eigenvalue weighted by Gasteiger charge is 2.13. The van der Waals surface area contributed by atoms with Gasteiger partial charge in [0.2, 0.25) is 0 Å². The molecule has 0 aliphatic carbocycles. The molecule has 0 saturated heterocycles. The number of nitrogens with zero attached hydrogens (tertiary/aromatic N) is 1. The van der Waals surface area contributed by atoms with Crippen LogP contribution in [-0.2, 0) is 0 Å². The second kappa shape index (κ2) is 5.32. The van der Waals surface area contributed by atoms with Crippen molar-refractivity contribution in [3.8, 4) is 28.7 Å². The van der Waals surface area contributed by atoms with E-state index in [0.717, 1.165) is 11.1 Å². The highest BCUT2D eigenvalue weighted by Crippen LogP contribution is 2.38. The molecule has 2 rings (SSSR count). The number of hydrogen-bond acceptors (Lipinski definition) is 4. The second-order valence-electron chi connectivity index (χ2n) is 3.95. The molecule has 0 saturated carbocycles. The Hall–Kier alpha value is -2.67. The molecule has 0 aromatic heterocycles. The van der Waals surface area contributed by atoms with Gasteiger partial charge in [-0.15, -0.1) is 0 Å². The predicted octanol–water partition coefficient (Wildman–Crippen LogP) is 2.82. The van der Waals surface area contributed by atoms with Crippen LogP contribution in [0.1, 0.15) is 5.56 Å². The van der Waals surface area contributed by atoms with E-state index in [0.29, 0.717) is 22.7 Å². The van der Waals surface area contributed by atoms with E-state index in [1.807, 2.05) is 18.2 Å². The molecule has 0 aliphatic heterocycles. The number of anilines is 1. The monoisotopic (exact) mass is 254 g/mol. The van der Waals surface area contributed by atoms with Crippen LogP contribution in [0.5, 0.6) is 11.5 Å². The molecule has 0 spiro atoms. The van der Waals surface area contributed by atoms with Gasteiger partial charge in [-0.25, -0.2) is 0 Å². The van der Waals surface area contributed by atoms with Crippen LogP contribution >= 0.6 is 0 Å². The number of ether oxygens (including phenoxy) is 2. The fraction of sp³-hybridized carbons (Fsp3) is 0.133. The van der Waals surface area contributed by atoms with Crippen molar-refractivity contribution in [2.24, 2.45) is 0 Å². The number of nitrogen functional groups attached to an aromatic ring is 1. The molecule has 0 aliphatic rings. The smallest absolute Gasteiger partial charge is 0.162 e. The minimum Gasteiger partial charge on any atom is -0.493 e. The van der Waals surface area contributed by atoms with Crippen molar-refractivity contribution in [1.82, 2.24) is 0 Å². The molecular weight excluding hydrogens is 240 g/mol. The van der Waals surface area contributed by atoms with Gasteiger partial charge in [-0.05, 0) is 12.1 Å². The third-order valence-electron chi connectivity index (χ3n) is 2.89. The predicted molar refractivity (Wildman–Crippen MR) is 74.1 cm³/mol. The molecule has 96 valence electrons. The lowest BCUT2D eigenvalue weighted by Crippen LogP contribution is -1.97. The lowest BCUT2D eigenvalue weighted by atomic mass is 9.98. The maximum absolute atomic E-state index is 9.15. The van der Waals surface area contributed by atoms with Crippen LogP contribution in [0, 0.1) is 11.3 Å². The average molecular weight is 254 g/mol. The van der Waals surface area contributed by atoms with Gasteiger partial charge in [0.25, 0.3) is 0 Å². The Kier molecular flexibility index (Phi) is 3.58. The summed E-state index contributed by atoms with van der Waals surface area (Å²) in [5, 5.41) is 9.15. The summed E-state index contributed by atoms with van der Waals surface area (Å²) in [5.41, 5.74) is 8.68. The van der Waals surface area contributed by atoms with Crippen LogP contribution < -0.4 is 15.2 Å². The molecule has 2 aromatic carbocycles. The Morgan fingerprint density at radius 2 is 1.63 bits per heavy atom. The quantitative estimate of drug-likeness (QED) is 0.855. The van der Waals surface area contributed by atoms with E-state index in [4.69, 9.17) is 20.5 Å². The highest BCUT2D eigenvalue weighted by atomic mass is 16.5. The van der Waals surface area contributed by atoms with Crippen molar-refractivity contribution < 1.29 is 9.47 Å². The van der Waals surface area contributed by atoms with Crippen molar-refractivity contribution in [1.29, 1.82) is 5.26 Å². The third kappa shape index (κ3) is 2.31. The topological polar surface area (TPSA) is 68.3 Å². The third-order valence-corrected chi connectivity index (χ3v) is 2.89. The summed E-state index contributed by atoms with van der Waals surface area (Å²) in [7, 11) is 3.12. The molecule has 0 atom stereocenters. The molecule has 0 radical (unpaired) electrons. The van der Waals surface area contributed by atoms with Gasteiger partial charge in [0.1, 0.15) is 0 Å². The Morgan fingerprint density at radius 1 is 1.00 bits per heavy atom. The molecule has 0 amide bonds. The van der Waals surface area contributed by atoms with Gasteiger partial charge >= 0.3 is 0 Å². The summed E-state index contributed by atoms with van der Waals surface area (Å²) >= 11 is 0. The van der Waals surface area contributed by atoms with E-state index in [9.17, 15) is 0 Å². The molecule has 4 heteroatoms. The standard InChI is InChI=1S/C15H14N2O2/c1-18-14-7-12(13(17)8-15(14)19-2)11-6-4-3-5-10(11)9-16/h3-8H,17H2,1-2H3. The number of methoxy groups -OCH3 is 2. The van der Waals surface area contributed by atoms with Crippen molar-refractivity contribution in [3.05, 3.63) is 42.0 Å². The number of rotatable bonds is 3. The first-order valence-electron chi connectivity index (χ1n) is 5.72. The number of benzene rings is 2. The Bertz CT molecular complexity index is 645. The van der Waals surface area contributed by atoms with Crippen LogP contribution in [0.3, 0.4) is 0 Å². The highest BCUT2D eigenvalue weighted by molar-refractivity contribution is 5.82. The van der Waals surface area contributed by atoms with Crippen LogP contribution in [0.2, 0.25) is 0 Å². The summed E-state index contributed by atoms with van der Waals surface area (Å²) < 4.78 is 10.5. The SMILES string of the molecule is COc1cc(N)c(-c2ccccc2C#N)cc1OC. The zero-order valence-corrected chi connectivity index (χ0v) is 10.8. The average Bonchev–Trinajstić information content (AvgIpc) is 2.46. The van der Waals surface area contributed by atoms with Crippen molar-refractivity contribution in [3.63, 3.8) is 0 Å². The van der Waals surface area contributed by atoms with Gasteiger partial charge < -0.3 is 15.2 Å². The number of nitriles is 1. The first kappa shape index (κ1) is 12.8. The minimum atomic E-state index is 0.542. The molecule has 0 heterocycles. The van der Waals surface area contributed by atoms with Crippen molar-refractivity contribution in [2.45, 2.75) is 0 Å². The molecular formula is C15H14N2O2. The molecule has 19 heavy (non-hydrogen) atoms. The first-order valence-corrected chi connectivity index (χ1v) is 5.72. The van der Waals surface area contributed by atoms with E-state index >= 15 is 0 Å². The van der Waals surface area contributed by atoms with E-state index < -0.39 is 0 Å². The molecule has 0 bridgehead atoms. The van der Waals surface area contributed by atoms with Crippen LogP contribution in [0.25, 0.3) is 11.1 Å². The second-order valence-corrected chi connectivity index (χ2v) is 3.95. The summed E-state index contributed by atoms with van der Waals surface area (Å²) in [4.78, 5) is 0. The van der Waals surface area contributed by atoms with E-state index in [2.05, 4.69) is 6.07 Å². The zero-order valence-electron chi connectivity index (χ0n) is 10.8. The normalized spacial score (nSPS) is 9.74. The lowest BCUT2D eigenvalue weighted by molar-refractivity contribution is 0.355. The van der Waals surface area contributed by atoms with Crippen molar-refractivity contribution >= 4 is 5.69 Å². The Morgan fingerprint density at radius 3 is 2.26 bits per heavy atom. The lowest BCUT2D eigenvalue weighted by Gasteiger charge is -2.13. The molecule has 2 N–H and O–H groups in total. The maximum atomic E-state index is 9.15. The summed E-state index contributed by atoms with van der Waals surface area (Å²) in [5.74, 6) is 1.15. The van der Waals surface area contributed by atoms with Gasteiger partial charge in [-0.1, -0.05) is 18.2 Å². The van der Waals surface area contributed by atoms with Crippen LogP contribution in [-0.4, -0.2) is 14.2 Å². The van der Waals surface area contributed by atoms with Crippen molar-refractivity contribution in [2.75, 3.05) is 20.0 Å². The number of hydrogen-bond donors (Lipinski definition) is 1. The first-order chi connectivity index (χ1) is 9.21. The summed E-state index contributed by atoms with van der Waals surface area (Å²) in [6, 6.07) is 12.9. The van der Waals surface area contributed by atoms with Crippen LogP contribution in [0.4, 0.5) is 5.69 Å². The Labute approximate surface area is 112 Å². The van der Waals surface area contributed by atoms with E-state index in [1.165, 1.54) is 0 Å². The Balaban J connectivity index is 2.66. The zero-order chi connectivity index (χ0) is 13.8. The summed E-state index contributed by atoms with van der Waals surface area (Å²) in [6.45, 7) is 0. The minimum absolute atomic E-state index is 0.542. The van der Waals surface area contributed by atoms with Gasteiger partial charge in [0.15, 0.2) is 11.5 Å². The molecule has 0 unspecified atom stereocenters. The van der Waals surface area contributed by atoms with Gasteiger partial charge in [0.05, 0.1) is 25.9 Å². The molecule has 4 nitrogen and oxygen atoms in total. The van der Waals surface area contributed by atoms with Crippen LogP contribution in [0.15, 0.2) is 36.4 Å². The van der Waals surface area contributed by atoms with Gasteiger partial charge in [0, 0.05) is 22.9 Å². The van der Waals surface area contributed by atoms with Gasteiger partial charge in [-0.3, -0.25) is 0 Å².